The summed E-state index contributed by atoms with van der Waals surface area (Å²) < 4.78 is 34.4. The fourth-order valence-corrected chi connectivity index (χ4v) is 3.95. The van der Waals surface area contributed by atoms with Crippen molar-refractivity contribution in [1.82, 2.24) is 4.57 Å². The van der Waals surface area contributed by atoms with Crippen LogP contribution in [0, 0.1) is 13.8 Å². The summed E-state index contributed by atoms with van der Waals surface area (Å²) in [7, 11) is -2.41. The fraction of sp³-hybridized carbons (Fsp3) is 0.222. The summed E-state index contributed by atoms with van der Waals surface area (Å²) >= 11 is 0. The van der Waals surface area contributed by atoms with Gasteiger partial charge in [-0.15, -0.1) is 0 Å². The number of aromatic nitrogens is 1. The van der Waals surface area contributed by atoms with Crippen molar-refractivity contribution in [2.75, 3.05) is 10.0 Å². The first-order valence-electron chi connectivity index (χ1n) is 8.10. The van der Waals surface area contributed by atoms with Gasteiger partial charge in [0.05, 0.1) is 16.1 Å². The van der Waals surface area contributed by atoms with Gasteiger partial charge < -0.3 is 9.73 Å². The highest BCUT2D eigenvalue weighted by molar-refractivity contribution is 7.92. The molecule has 0 saturated heterocycles. The molecule has 0 aliphatic heterocycles. The number of oxazole rings is 1. The number of carbonyl (C=O) groups excluding carboxylic acids is 1. The molecule has 142 valence electrons. The summed E-state index contributed by atoms with van der Waals surface area (Å²) in [4.78, 5) is 23.0. The Kier molecular flexibility index (Phi) is 4.56. The van der Waals surface area contributed by atoms with Crippen molar-refractivity contribution in [3.63, 3.8) is 0 Å². The van der Waals surface area contributed by atoms with Crippen molar-refractivity contribution in [2.45, 2.75) is 25.7 Å². The topological polar surface area (TPSA) is 110 Å². The number of sulfonamides is 1. The third kappa shape index (κ3) is 3.45. The lowest BCUT2D eigenvalue weighted by Crippen LogP contribution is -2.16. The molecule has 0 aliphatic carbocycles. The number of carbonyl (C=O) groups is 1. The molecule has 0 fully saturated rings. The van der Waals surface area contributed by atoms with E-state index < -0.39 is 15.8 Å². The van der Waals surface area contributed by atoms with Gasteiger partial charge in [0, 0.05) is 19.7 Å². The van der Waals surface area contributed by atoms with Crippen molar-refractivity contribution in [3.8, 4) is 0 Å². The van der Waals surface area contributed by atoms with E-state index in [1.54, 1.807) is 19.1 Å². The van der Waals surface area contributed by atoms with Gasteiger partial charge in [-0.05, 0) is 49.2 Å². The van der Waals surface area contributed by atoms with Crippen LogP contribution in [0.2, 0.25) is 0 Å². The molecule has 0 radical (unpaired) electrons. The predicted molar refractivity (Wildman–Crippen MR) is 102 cm³/mol. The van der Waals surface area contributed by atoms with Crippen LogP contribution in [0.15, 0.2) is 44.4 Å². The minimum atomic E-state index is -3.91. The summed E-state index contributed by atoms with van der Waals surface area (Å²) in [6.45, 7) is 4.93. The molecule has 1 amide bonds. The predicted octanol–water partition coefficient (Wildman–Crippen LogP) is 2.51. The maximum Gasteiger partial charge on any atom is 0.419 e. The summed E-state index contributed by atoms with van der Waals surface area (Å²) in [5.41, 5.74) is 3.02. The summed E-state index contributed by atoms with van der Waals surface area (Å²) in [5, 5.41) is 2.72. The number of benzene rings is 2. The van der Waals surface area contributed by atoms with E-state index in [1.807, 2.05) is 6.92 Å². The summed E-state index contributed by atoms with van der Waals surface area (Å²) in [6, 6.07) is 7.54. The molecule has 0 atom stereocenters. The van der Waals surface area contributed by atoms with Crippen molar-refractivity contribution in [3.05, 3.63) is 52.0 Å². The second-order valence-corrected chi connectivity index (χ2v) is 7.96. The molecule has 0 saturated carbocycles. The molecule has 0 spiro atoms. The molecule has 2 aromatic carbocycles. The number of anilines is 2. The Hall–Kier alpha value is -3.07. The molecule has 8 nitrogen and oxygen atoms in total. The van der Waals surface area contributed by atoms with Crippen molar-refractivity contribution >= 4 is 38.4 Å². The summed E-state index contributed by atoms with van der Waals surface area (Å²) in [6.07, 6.45) is 0. The van der Waals surface area contributed by atoms with Gasteiger partial charge in [-0.1, -0.05) is 6.07 Å². The van der Waals surface area contributed by atoms with Crippen LogP contribution in [-0.4, -0.2) is 18.9 Å². The lowest BCUT2D eigenvalue weighted by molar-refractivity contribution is -0.114. The molecule has 0 bridgehead atoms. The van der Waals surface area contributed by atoms with E-state index in [2.05, 4.69) is 10.0 Å². The third-order valence-electron chi connectivity index (χ3n) is 4.29. The molecule has 3 rings (SSSR count). The summed E-state index contributed by atoms with van der Waals surface area (Å²) in [5.74, 6) is -0.811. The average molecular weight is 389 g/mol. The fourth-order valence-electron chi connectivity index (χ4n) is 2.80. The molecular formula is C18H19N3O5S. The zero-order chi connectivity index (χ0) is 19.9. The SMILES string of the molecule is CC(=O)Nc1c(C)ccc(NS(=O)(=O)c2ccc3oc(=O)n(C)c3c2)c1C. The molecule has 9 heteroatoms. The first kappa shape index (κ1) is 18.7. The maximum absolute atomic E-state index is 12.8. The van der Waals surface area contributed by atoms with Crippen LogP contribution in [0.25, 0.3) is 11.1 Å². The first-order valence-corrected chi connectivity index (χ1v) is 9.58. The second-order valence-electron chi connectivity index (χ2n) is 6.27. The van der Waals surface area contributed by atoms with E-state index in [0.29, 0.717) is 28.0 Å². The number of amides is 1. The number of aryl methyl sites for hydroxylation is 2. The average Bonchev–Trinajstić information content (AvgIpc) is 2.88. The normalized spacial score (nSPS) is 11.6. The smallest absolute Gasteiger partial charge is 0.408 e. The number of hydrogen-bond acceptors (Lipinski definition) is 5. The zero-order valence-corrected chi connectivity index (χ0v) is 16.1. The molecule has 0 aliphatic rings. The number of rotatable bonds is 4. The Balaban J connectivity index is 2.03. The largest absolute Gasteiger partial charge is 0.419 e. The number of hydrogen-bond donors (Lipinski definition) is 2. The Morgan fingerprint density at radius 1 is 1.15 bits per heavy atom. The van der Waals surface area contributed by atoms with Crippen LogP contribution in [0.1, 0.15) is 18.1 Å². The van der Waals surface area contributed by atoms with Gasteiger partial charge in [0.25, 0.3) is 10.0 Å². The molecule has 0 unspecified atom stereocenters. The molecule has 3 aromatic rings. The first-order chi connectivity index (χ1) is 12.6. The lowest BCUT2D eigenvalue weighted by Gasteiger charge is -2.16. The van der Waals surface area contributed by atoms with Crippen molar-refractivity contribution in [1.29, 1.82) is 0 Å². The van der Waals surface area contributed by atoms with Gasteiger partial charge in [-0.3, -0.25) is 14.1 Å². The second kappa shape index (κ2) is 6.58. The van der Waals surface area contributed by atoms with Gasteiger partial charge in [0.2, 0.25) is 5.91 Å². The van der Waals surface area contributed by atoms with Crippen LogP contribution < -0.4 is 15.8 Å². The Bertz CT molecular complexity index is 1220. The minimum Gasteiger partial charge on any atom is -0.408 e. The van der Waals surface area contributed by atoms with Crippen LogP contribution >= 0.6 is 0 Å². The standard InChI is InChI=1S/C18H19N3O5S/c1-10-5-7-14(11(2)17(10)19-12(3)22)20-27(24,25)13-6-8-16-15(9-13)21(4)18(23)26-16/h5-9,20H,1-4H3,(H,19,22). The number of nitrogens with zero attached hydrogens (tertiary/aromatic N) is 1. The third-order valence-corrected chi connectivity index (χ3v) is 5.66. The Labute approximate surface area is 155 Å². The Morgan fingerprint density at radius 2 is 1.85 bits per heavy atom. The van der Waals surface area contributed by atoms with Crippen molar-refractivity contribution in [2.24, 2.45) is 7.05 Å². The molecular weight excluding hydrogens is 370 g/mol. The monoisotopic (exact) mass is 389 g/mol. The minimum absolute atomic E-state index is 0.00699. The van der Waals surface area contributed by atoms with Crippen LogP contribution in [0.3, 0.4) is 0 Å². The maximum atomic E-state index is 12.8. The van der Waals surface area contributed by atoms with Gasteiger partial charge in [0.1, 0.15) is 0 Å². The van der Waals surface area contributed by atoms with Gasteiger partial charge in [0.15, 0.2) is 5.58 Å². The lowest BCUT2D eigenvalue weighted by atomic mass is 10.1. The van der Waals surface area contributed by atoms with Crippen molar-refractivity contribution < 1.29 is 17.6 Å². The molecule has 1 aromatic heterocycles. The number of nitrogens with one attached hydrogen (secondary N) is 2. The van der Waals surface area contributed by atoms with Gasteiger partial charge >= 0.3 is 5.76 Å². The van der Waals surface area contributed by atoms with Gasteiger partial charge in [-0.25, -0.2) is 13.2 Å². The highest BCUT2D eigenvalue weighted by Crippen LogP contribution is 2.29. The van der Waals surface area contributed by atoms with E-state index in [-0.39, 0.29) is 10.8 Å². The van der Waals surface area contributed by atoms with E-state index in [1.165, 1.54) is 36.7 Å². The highest BCUT2D eigenvalue weighted by Gasteiger charge is 2.19. The molecule has 1 heterocycles. The van der Waals surface area contributed by atoms with E-state index in [4.69, 9.17) is 4.42 Å². The van der Waals surface area contributed by atoms with Crippen LogP contribution in [-0.2, 0) is 21.9 Å². The quantitative estimate of drug-likeness (QED) is 0.712. The molecule has 27 heavy (non-hydrogen) atoms. The van der Waals surface area contributed by atoms with Crippen LogP contribution in [0.4, 0.5) is 11.4 Å². The number of fused-ring (bicyclic) bond motifs is 1. The van der Waals surface area contributed by atoms with Crippen LogP contribution in [0.5, 0.6) is 0 Å². The van der Waals surface area contributed by atoms with E-state index in [0.717, 1.165) is 5.56 Å². The highest BCUT2D eigenvalue weighted by atomic mass is 32.2. The Morgan fingerprint density at radius 3 is 2.52 bits per heavy atom. The van der Waals surface area contributed by atoms with E-state index >= 15 is 0 Å². The zero-order valence-electron chi connectivity index (χ0n) is 15.3. The van der Waals surface area contributed by atoms with E-state index in [9.17, 15) is 18.0 Å². The van der Waals surface area contributed by atoms with Gasteiger partial charge in [-0.2, -0.15) is 0 Å². The molecule has 2 N–H and O–H groups in total.